The average molecular weight is 447 g/mol. The van der Waals surface area contributed by atoms with Crippen LogP contribution in [0, 0.1) is 0 Å². The number of hydrogen-bond donors (Lipinski definition) is 1. The second-order valence-corrected chi connectivity index (χ2v) is 9.47. The Balaban J connectivity index is 1.51. The molecule has 0 radical (unpaired) electrons. The topological polar surface area (TPSA) is 59.1 Å². The normalized spacial score (nSPS) is 14.3. The van der Waals surface area contributed by atoms with Gasteiger partial charge in [0, 0.05) is 34.0 Å². The Labute approximate surface area is 199 Å². The van der Waals surface area contributed by atoms with Gasteiger partial charge in [0.05, 0.1) is 5.52 Å². The number of nitrogens with zero attached hydrogens (tertiary/aromatic N) is 1. The number of hydrogen-bond acceptors (Lipinski definition) is 3. The number of nitrogens with one attached hydrogen (secondary N) is 1. The number of amides is 1. The van der Waals surface area contributed by atoms with Crippen LogP contribution in [0.4, 0.5) is 5.69 Å². The molecule has 4 heteroatoms. The van der Waals surface area contributed by atoms with E-state index in [1.54, 1.807) is 24.3 Å². The predicted molar refractivity (Wildman–Crippen MR) is 137 cm³/mol. The van der Waals surface area contributed by atoms with Crippen LogP contribution < -0.4 is 5.32 Å². The van der Waals surface area contributed by atoms with E-state index >= 15 is 0 Å². The van der Waals surface area contributed by atoms with Gasteiger partial charge in [-0.1, -0.05) is 44.2 Å². The van der Waals surface area contributed by atoms with E-state index in [-0.39, 0.29) is 17.1 Å². The van der Waals surface area contributed by atoms with E-state index in [0.717, 1.165) is 34.0 Å². The van der Waals surface area contributed by atoms with Crippen LogP contribution >= 0.6 is 0 Å². The molecule has 0 unspecified atom stereocenters. The summed E-state index contributed by atoms with van der Waals surface area (Å²) >= 11 is 0. The van der Waals surface area contributed by atoms with E-state index in [0.29, 0.717) is 16.8 Å². The molecule has 0 atom stereocenters. The number of anilines is 1. The third-order valence-electron chi connectivity index (χ3n) is 6.57. The summed E-state index contributed by atoms with van der Waals surface area (Å²) in [4.78, 5) is 29.3. The molecule has 0 fully saturated rings. The van der Waals surface area contributed by atoms with E-state index in [1.165, 1.54) is 12.5 Å². The largest absolute Gasteiger partial charge is 0.322 e. The number of rotatable bonds is 4. The maximum Gasteiger partial charge on any atom is 0.255 e. The van der Waals surface area contributed by atoms with Crippen LogP contribution in [0.5, 0.6) is 0 Å². The Bertz CT molecular complexity index is 1460. The third kappa shape index (κ3) is 4.03. The molecule has 5 rings (SSSR count). The average Bonchev–Trinajstić information content (AvgIpc) is 2.84. The van der Waals surface area contributed by atoms with Gasteiger partial charge in [0.1, 0.15) is 0 Å². The van der Waals surface area contributed by atoms with E-state index in [4.69, 9.17) is 0 Å². The number of carbonyl (C=O) groups excluding carboxylic acids is 2. The molecular weight excluding hydrogens is 420 g/mol. The Morgan fingerprint density at radius 3 is 2.41 bits per heavy atom. The van der Waals surface area contributed by atoms with Crippen LogP contribution in [0.2, 0.25) is 0 Å². The van der Waals surface area contributed by atoms with Crippen LogP contribution in [-0.4, -0.2) is 16.7 Å². The van der Waals surface area contributed by atoms with E-state index in [1.807, 2.05) is 36.5 Å². The molecule has 0 saturated carbocycles. The first-order valence-electron chi connectivity index (χ1n) is 11.4. The van der Waals surface area contributed by atoms with Gasteiger partial charge in [-0.3, -0.25) is 14.6 Å². The maximum absolute atomic E-state index is 13.1. The van der Waals surface area contributed by atoms with Gasteiger partial charge in [-0.15, -0.1) is 0 Å². The van der Waals surface area contributed by atoms with E-state index < -0.39 is 0 Å². The summed E-state index contributed by atoms with van der Waals surface area (Å²) in [6, 6.07) is 23.2. The van der Waals surface area contributed by atoms with Crippen LogP contribution in [0.3, 0.4) is 0 Å². The lowest BCUT2D eigenvalue weighted by Crippen LogP contribution is -2.23. The van der Waals surface area contributed by atoms with Crippen molar-refractivity contribution in [2.75, 3.05) is 5.32 Å². The summed E-state index contributed by atoms with van der Waals surface area (Å²) < 4.78 is 0. The number of ketones is 1. The zero-order chi connectivity index (χ0) is 23.9. The highest BCUT2D eigenvalue weighted by Crippen LogP contribution is 2.42. The standard InChI is InChI=1S/C30H26N2O2/c1-19(33)20-8-11-24(12-9-20)32-29(34)22-10-13-27-26(17-22)25(14-15-30(27,2)3)23-16-21-6-4-5-7-28(21)31-18-23/h4-14,16-18H,15H2,1-3H3,(H,32,34). The van der Waals surface area contributed by atoms with Crippen molar-refractivity contribution < 1.29 is 9.59 Å². The molecule has 1 amide bonds. The first-order chi connectivity index (χ1) is 16.3. The molecule has 34 heavy (non-hydrogen) atoms. The Kier molecular flexibility index (Phi) is 5.37. The number of pyridine rings is 1. The van der Waals surface area contributed by atoms with E-state index in [2.05, 4.69) is 48.4 Å². The van der Waals surface area contributed by atoms with Crippen molar-refractivity contribution in [3.05, 3.63) is 113 Å². The number of allylic oxidation sites excluding steroid dienone is 1. The molecule has 1 aliphatic rings. The highest BCUT2D eigenvalue weighted by molar-refractivity contribution is 6.05. The quantitative estimate of drug-likeness (QED) is 0.351. The molecule has 3 aromatic carbocycles. The minimum Gasteiger partial charge on any atom is -0.322 e. The van der Waals surface area contributed by atoms with Gasteiger partial charge < -0.3 is 5.32 Å². The van der Waals surface area contributed by atoms with Crippen molar-refractivity contribution in [3.8, 4) is 0 Å². The molecule has 0 aliphatic heterocycles. The lowest BCUT2D eigenvalue weighted by molar-refractivity contribution is 0.101. The van der Waals surface area contributed by atoms with Crippen molar-refractivity contribution in [1.82, 2.24) is 4.98 Å². The molecule has 1 aliphatic carbocycles. The van der Waals surface area contributed by atoms with Gasteiger partial charge in [-0.05, 0) is 84.0 Å². The molecule has 168 valence electrons. The SMILES string of the molecule is CC(=O)c1ccc(NC(=O)c2ccc3c(c2)C(c2cnc4ccccc4c2)=CCC3(C)C)cc1. The molecule has 1 N–H and O–H groups in total. The highest BCUT2D eigenvalue weighted by Gasteiger charge is 2.29. The number of fused-ring (bicyclic) bond motifs is 2. The lowest BCUT2D eigenvalue weighted by atomic mass is 9.72. The highest BCUT2D eigenvalue weighted by atomic mass is 16.1. The summed E-state index contributed by atoms with van der Waals surface area (Å²) in [5, 5.41) is 4.04. The van der Waals surface area contributed by atoms with Gasteiger partial charge in [0.15, 0.2) is 5.78 Å². The number of para-hydroxylation sites is 1. The number of benzene rings is 3. The molecule has 1 heterocycles. The minimum atomic E-state index is -0.183. The number of Topliss-reactive ketones (excluding diaryl/α,β-unsaturated/α-hetero) is 1. The molecule has 0 spiro atoms. The zero-order valence-electron chi connectivity index (χ0n) is 19.6. The molecule has 0 bridgehead atoms. The molecular formula is C30H26N2O2. The second kappa shape index (κ2) is 8.38. The van der Waals surface area contributed by atoms with Crippen LogP contribution in [-0.2, 0) is 5.41 Å². The van der Waals surface area contributed by atoms with E-state index in [9.17, 15) is 9.59 Å². The third-order valence-corrected chi connectivity index (χ3v) is 6.57. The molecule has 0 saturated heterocycles. The van der Waals surface area contributed by atoms with Gasteiger partial charge in [0.25, 0.3) is 5.91 Å². The van der Waals surface area contributed by atoms with Crippen molar-refractivity contribution in [2.45, 2.75) is 32.6 Å². The summed E-state index contributed by atoms with van der Waals surface area (Å²) in [6.07, 6.45) is 5.09. The summed E-state index contributed by atoms with van der Waals surface area (Å²) in [5.74, 6) is -0.185. The van der Waals surface area contributed by atoms with Crippen molar-refractivity contribution in [3.63, 3.8) is 0 Å². The second-order valence-electron chi connectivity index (χ2n) is 9.47. The zero-order valence-corrected chi connectivity index (χ0v) is 19.6. The molecule has 4 nitrogen and oxygen atoms in total. The lowest BCUT2D eigenvalue weighted by Gasteiger charge is -2.32. The van der Waals surface area contributed by atoms with Gasteiger partial charge in [-0.25, -0.2) is 0 Å². The van der Waals surface area contributed by atoms with Crippen molar-refractivity contribution in [2.24, 2.45) is 0 Å². The van der Waals surface area contributed by atoms with Gasteiger partial charge >= 0.3 is 0 Å². The predicted octanol–water partition coefficient (Wildman–Crippen LogP) is 6.80. The maximum atomic E-state index is 13.1. The smallest absolute Gasteiger partial charge is 0.255 e. The fraction of sp³-hybridized carbons (Fsp3) is 0.167. The summed E-state index contributed by atoms with van der Waals surface area (Å²) in [6.45, 7) is 5.99. The minimum absolute atomic E-state index is 0.00215. The monoisotopic (exact) mass is 446 g/mol. The van der Waals surface area contributed by atoms with Crippen LogP contribution in [0.15, 0.2) is 85.1 Å². The Morgan fingerprint density at radius 2 is 1.65 bits per heavy atom. The first kappa shape index (κ1) is 21.8. The van der Waals surface area contributed by atoms with Crippen LogP contribution in [0.25, 0.3) is 16.5 Å². The Morgan fingerprint density at radius 1 is 0.912 bits per heavy atom. The van der Waals surface area contributed by atoms with Gasteiger partial charge in [-0.2, -0.15) is 0 Å². The van der Waals surface area contributed by atoms with Crippen LogP contribution in [0.1, 0.15) is 64.6 Å². The fourth-order valence-electron chi connectivity index (χ4n) is 4.56. The molecule has 4 aromatic rings. The number of carbonyl (C=O) groups is 2. The van der Waals surface area contributed by atoms with Gasteiger partial charge in [0.2, 0.25) is 0 Å². The number of aromatic nitrogens is 1. The summed E-state index contributed by atoms with van der Waals surface area (Å²) in [7, 11) is 0. The first-order valence-corrected chi connectivity index (χ1v) is 11.4. The van der Waals surface area contributed by atoms with Crippen molar-refractivity contribution in [1.29, 1.82) is 0 Å². The molecule has 1 aromatic heterocycles. The fourth-order valence-corrected chi connectivity index (χ4v) is 4.56. The van der Waals surface area contributed by atoms with Crippen molar-refractivity contribution >= 4 is 33.9 Å². The Hall–Kier alpha value is -4.05. The summed E-state index contributed by atoms with van der Waals surface area (Å²) in [5.41, 5.74) is 7.24.